The lowest BCUT2D eigenvalue weighted by atomic mass is 9.98. The number of nitriles is 1. The van der Waals surface area contributed by atoms with Crippen molar-refractivity contribution >= 4 is 5.97 Å². The predicted molar refractivity (Wildman–Crippen MR) is 114 cm³/mol. The first-order valence-corrected chi connectivity index (χ1v) is 9.64. The fourth-order valence-electron chi connectivity index (χ4n) is 3.09. The van der Waals surface area contributed by atoms with Gasteiger partial charge in [-0.05, 0) is 39.8 Å². The van der Waals surface area contributed by atoms with E-state index in [1.807, 2.05) is 19.1 Å². The van der Waals surface area contributed by atoms with E-state index in [0.29, 0.717) is 22.4 Å². The Labute approximate surface area is 176 Å². The zero-order valence-electron chi connectivity index (χ0n) is 18.3. The standard InChI is InChI=1S/C23H28N2O5/c1-15-7-8-16(13-24)17(11-15)18-12-21(26)25(14-20(18)29-6)19(9-10-28-5)22(27)30-23(2,3)4/h7-8,11-12,14,19H,9-10H2,1-6H3. The molecular weight excluding hydrogens is 384 g/mol. The average Bonchev–Trinajstić information content (AvgIpc) is 2.67. The first kappa shape index (κ1) is 23.2. The van der Waals surface area contributed by atoms with E-state index in [9.17, 15) is 14.9 Å². The van der Waals surface area contributed by atoms with Crippen LogP contribution in [0.3, 0.4) is 0 Å². The van der Waals surface area contributed by atoms with E-state index in [4.69, 9.17) is 14.2 Å². The lowest BCUT2D eigenvalue weighted by Crippen LogP contribution is -2.35. The third-order valence-electron chi connectivity index (χ3n) is 4.46. The first-order valence-electron chi connectivity index (χ1n) is 9.64. The maximum Gasteiger partial charge on any atom is 0.329 e. The average molecular weight is 412 g/mol. The van der Waals surface area contributed by atoms with Gasteiger partial charge in [0.25, 0.3) is 5.56 Å². The number of aromatic nitrogens is 1. The van der Waals surface area contributed by atoms with Gasteiger partial charge in [0.1, 0.15) is 17.4 Å². The van der Waals surface area contributed by atoms with Gasteiger partial charge in [0, 0.05) is 37.3 Å². The molecule has 1 atom stereocenters. The van der Waals surface area contributed by atoms with Crippen LogP contribution in [0.2, 0.25) is 0 Å². The van der Waals surface area contributed by atoms with Gasteiger partial charge < -0.3 is 14.2 Å². The van der Waals surface area contributed by atoms with Gasteiger partial charge in [0.15, 0.2) is 0 Å². The second kappa shape index (κ2) is 9.59. The van der Waals surface area contributed by atoms with Gasteiger partial charge in [-0.1, -0.05) is 11.6 Å². The Morgan fingerprint density at radius 1 is 1.20 bits per heavy atom. The van der Waals surface area contributed by atoms with Crippen LogP contribution in [0.15, 0.2) is 35.3 Å². The van der Waals surface area contributed by atoms with Gasteiger partial charge in [-0.25, -0.2) is 4.79 Å². The maximum absolute atomic E-state index is 13.0. The monoisotopic (exact) mass is 412 g/mol. The molecule has 0 spiro atoms. The first-order chi connectivity index (χ1) is 14.1. The summed E-state index contributed by atoms with van der Waals surface area (Å²) < 4.78 is 17.4. The summed E-state index contributed by atoms with van der Waals surface area (Å²) in [5.41, 5.74) is 1.38. The van der Waals surface area contributed by atoms with E-state index in [-0.39, 0.29) is 13.0 Å². The van der Waals surface area contributed by atoms with Gasteiger partial charge in [0.05, 0.1) is 24.9 Å². The Bertz CT molecular complexity index is 1010. The van der Waals surface area contributed by atoms with Gasteiger partial charge in [0.2, 0.25) is 0 Å². The normalized spacial score (nSPS) is 12.2. The molecule has 7 heteroatoms. The van der Waals surface area contributed by atoms with E-state index in [2.05, 4.69) is 6.07 Å². The highest BCUT2D eigenvalue weighted by atomic mass is 16.6. The van der Waals surface area contributed by atoms with E-state index < -0.39 is 23.2 Å². The zero-order chi connectivity index (χ0) is 22.5. The van der Waals surface area contributed by atoms with E-state index >= 15 is 0 Å². The number of rotatable bonds is 7. The van der Waals surface area contributed by atoms with Crippen LogP contribution < -0.4 is 10.3 Å². The molecule has 0 radical (unpaired) electrons. The molecule has 1 heterocycles. The SMILES string of the molecule is COCCC(C(=O)OC(C)(C)C)n1cc(OC)c(-c2cc(C)ccc2C#N)cc1=O. The second-order valence-electron chi connectivity index (χ2n) is 7.99. The summed E-state index contributed by atoms with van der Waals surface area (Å²) in [5, 5.41) is 9.48. The molecule has 7 nitrogen and oxygen atoms in total. The molecule has 2 aromatic rings. The van der Waals surface area contributed by atoms with Crippen molar-refractivity contribution in [2.75, 3.05) is 20.8 Å². The molecule has 1 aromatic heterocycles. The van der Waals surface area contributed by atoms with Crippen molar-refractivity contribution in [1.29, 1.82) is 5.26 Å². The largest absolute Gasteiger partial charge is 0.495 e. The molecule has 1 aromatic carbocycles. The van der Waals surface area contributed by atoms with E-state index in [1.165, 1.54) is 31.0 Å². The molecule has 0 amide bonds. The smallest absolute Gasteiger partial charge is 0.329 e. The van der Waals surface area contributed by atoms with Gasteiger partial charge in [-0.15, -0.1) is 0 Å². The Hall–Kier alpha value is -3.11. The number of hydrogen-bond acceptors (Lipinski definition) is 6. The van der Waals surface area contributed by atoms with Crippen LogP contribution in [0.25, 0.3) is 11.1 Å². The molecule has 0 aliphatic heterocycles. The minimum atomic E-state index is -0.868. The summed E-state index contributed by atoms with van der Waals surface area (Å²) in [7, 11) is 3.01. The number of hydrogen-bond donors (Lipinski definition) is 0. The number of ether oxygens (including phenoxy) is 3. The maximum atomic E-state index is 13.0. The quantitative estimate of drug-likeness (QED) is 0.645. The van der Waals surface area contributed by atoms with E-state index in [1.54, 1.807) is 26.8 Å². The van der Waals surface area contributed by atoms with Gasteiger partial charge >= 0.3 is 5.97 Å². The fraction of sp³-hybridized carbons (Fsp3) is 0.435. The van der Waals surface area contributed by atoms with Crippen LogP contribution in [0.1, 0.15) is 44.4 Å². The summed E-state index contributed by atoms with van der Waals surface area (Å²) in [6.45, 7) is 7.49. The molecule has 0 saturated heterocycles. The summed E-state index contributed by atoms with van der Waals surface area (Å²) in [5.74, 6) is -0.146. The molecular formula is C23H28N2O5. The summed E-state index contributed by atoms with van der Waals surface area (Å²) in [6.07, 6.45) is 1.76. The lowest BCUT2D eigenvalue weighted by molar-refractivity contribution is -0.159. The van der Waals surface area contributed by atoms with Crippen LogP contribution in [-0.2, 0) is 14.3 Å². The molecule has 1 unspecified atom stereocenters. The van der Waals surface area contributed by atoms with Crippen molar-refractivity contribution in [3.05, 3.63) is 51.9 Å². The molecule has 0 aliphatic rings. The molecule has 0 fully saturated rings. The van der Waals surface area contributed by atoms with Gasteiger partial charge in [-0.3, -0.25) is 9.36 Å². The predicted octanol–water partition coefficient (Wildman–Crippen LogP) is 3.62. The van der Waals surface area contributed by atoms with Crippen molar-refractivity contribution in [3.8, 4) is 22.9 Å². The molecule has 0 aliphatic carbocycles. The number of carbonyl (C=O) groups excluding carboxylic acids is 1. The molecule has 0 saturated carbocycles. The van der Waals surface area contributed by atoms with Crippen LogP contribution in [0, 0.1) is 18.3 Å². The second-order valence-corrected chi connectivity index (χ2v) is 7.99. The molecule has 0 bridgehead atoms. The number of pyridine rings is 1. The number of nitrogens with zero attached hydrogens (tertiary/aromatic N) is 2. The van der Waals surface area contributed by atoms with Crippen LogP contribution in [0.5, 0.6) is 5.75 Å². The number of benzene rings is 1. The van der Waals surface area contributed by atoms with Crippen molar-refractivity contribution in [3.63, 3.8) is 0 Å². The van der Waals surface area contributed by atoms with Crippen molar-refractivity contribution in [2.24, 2.45) is 0 Å². The molecule has 2 rings (SSSR count). The van der Waals surface area contributed by atoms with Crippen molar-refractivity contribution < 1.29 is 19.0 Å². The highest BCUT2D eigenvalue weighted by molar-refractivity contribution is 5.77. The molecule has 160 valence electrons. The summed E-state index contributed by atoms with van der Waals surface area (Å²) >= 11 is 0. The van der Waals surface area contributed by atoms with Crippen LogP contribution in [-0.4, -0.2) is 37.0 Å². The van der Waals surface area contributed by atoms with Gasteiger partial charge in [-0.2, -0.15) is 5.26 Å². The number of carbonyl (C=O) groups is 1. The highest BCUT2D eigenvalue weighted by Gasteiger charge is 2.28. The zero-order valence-corrected chi connectivity index (χ0v) is 18.3. The molecule has 30 heavy (non-hydrogen) atoms. The minimum absolute atomic E-state index is 0.266. The Morgan fingerprint density at radius 3 is 2.47 bits per heavy atom. The lowest BCUT2D eigenvalue weighted by Gasteiger charge is -2.25. The Kier molecular flexibility index (Phi) is 7.41. The third kappa shape index (κ3) is 5.49. The Balaban J connectivity index is 2.62. The van der Waals surface area contributed by atoms with Crippen LogP contribution >= 0.6 is 0 Å². The number of esters is 1. The fourth-order valence-corrected chi connectivity index (χ4v) is 3.09. The van der Waals surface area contributed by atoms with Crippen molar-refractivity contribution in [2.45, 2.75) is 45.8 Å². The minimum Gasteiger partial charge on any atom is -0.495 e. The number of methoxy groups -OCH3 is 2. The Morgan fingerprint density at radius 2 is 1.90 bits per heavy atom. The summed E-state index contributed by atoms with van der Waals surface area (Å²) in [6, 6.07) is 8.03. The molecule has 0 N–H and O–H groups in total. The number of aryl methyl sites for hydroxylation is 1. The third-order valence-corrected chi connectivity index (χ3v) is 4.46. The van der Waals surface area contributed by atoms with E-state index in [0.717, 1.165) is 5.56 Å². The highest BCUT2D eigenvalue weighted by Crippen LogP contribution is 2.32. The topological polar surface area (TPSA) is 90.5 Å². The van der Waals surface area contributed by atoms with Crippen LogP contribution in [0.4, 0.5) is 0 Å². The van der Waals surface area contributed by atoms with Crippen molar-refractivity contribution in [1.82, 2.24) is 4.57 Å². The summed E-state index contributed by atoms with van der Waals surface area (Å²) in [4.78, 5) is 25.8.